The van der Waals surface area contributed by atoms with Crippen LogP contribution in [0.3, 0.4) is 0 Å². The Labute approximate surface area is 168 Å². The Morgan fingerprint density at radius 2 is 2.07 bits per heavy atom. The predicted octanol–water partition coefficient (Wildman–Crippen LogP) is 4.39. The zero-order chi connectivity index (χ0) is 19.8. The minimum absolute atomic E-state index is 0.135. The van der Waals surface area contributed by atoms with Crippen molar-refractivity contribution in [1.82, 2.24) is 15.1 Å². The van der Waals surface area contributed by atoms with Crippen molar-refractivity contribution in [3.05, 3.63) is 27.7 Å². The quantitative estimate of drug-likeness (QED) is 0.819. The van der Waals surface area contributed by atoms with Gasteiger partial charge in [-0.25, -0.2) is 0 Å². The van der Waals surface area contributed by atoms with E-state index in [0.29, 0.717) is 15.7 Å². The molecule has 27 heavy (non-hydrogen) atoms. The number of nitrogens with zero attached hydrogens (tertiary/aromatic N) is 4. The summed E-state index contributed by atoms with van der Waals surface area (Å²) in [6, 6.07) is 6.02. The smallest absolute Gasteiger partial charge is 0.254 e. The van der Waals surface area contributed by atoms with Crippen LogP contribution < -0.4 is 10.2 Å². The fraction of sp³-hybridized carbons (Fsp3) is 0.526. The van der Waals surface area contributed by atoms with Crippen molar-refractivity contribution in [2.45, 2.75) is 39.5 Å². The van der Waals surface area contributed by atoms with E-state index in [1.807, 2.05) is 44.9 Å². The zero-order valence-electron chi connectivity index (χ0n) is 16.0. The van der Waals surface area contributed by atoms with Crippen molar-refractivity contribution in [3.63, 3.8) is 0 Å². The summed E-state index contributed by atoms with van der Waals surface area (Å²) in [6.45, 7) is 7.36. The molecule has 0 radical (unpaired) electrons. The molecule has 1 saturated heterocycles. The third kappa shape index (κ3) is 3.88. The molecule has 3 rings (SSSR count). The first-order valence-corrected chi connectivity index (χ1v) is 10.2. The van der Waals surface area contributed by atoms with Crippen LogP contribution in [0.1, 0.15) is 55.6 Å². The number of carbonyl (C=O) groups is 1. The third-order valence-corrected chi connectivity index (χ3v) is 6.07. The molecule has 3 heterocycles. The molecule has 2 aromatic heterocycles. The van der Waals surface area contributed by atoms with Gasteiger partial charge in [-0.15, -0.1) is 11.3 Å². The lowest BCUT2D eigenvalue weighted by molar-refractivity contribution is 0.0750. The molecule has 0 unspecified atom stereocenters. The molecule has 0 atom stereocenters. The number of thiophene rings is 1. The molecule has 2 aromatic rings. The van der Waals surface area contributed by atoms with Crippen molar-refractivity contribution < 1.29 is 4.79 Å². The molecule has 1 fully saturated rings. The maximum atomic E-state index is 13.1. The van der Waals surface area contributed by atoms with Crippen LogP contribution in [0.4, 0.5) is 10.8 Å². The van der Waals surface area contributed by atoms with E-state index in [2.05, 4.69) is 16.5 Å². The molecular weight excluding hydrogens is 382 g/mol. The largest absolute Gasteiger partial charge is 0.320 e. The summed E-state index contributed by atoms with van der Waals surface area (Å²) < 4.78 is 2.07. The molecule has 1 N–H and O–H groups in total. The molecule has 144 valence electrons. The van der Waals surface area contributed by atoms with Gasteiger partial charge in [0.1, 0.15) is 11.6 Å². The topological polar surface area (TPSA) is 74.0 Å². The first kappa shape index (κ1) is 19.9. The Hall–Kier alpha value is -1.88. The molecule has 0 spiro atoms. The van der Waals surface area contributed by atoms with Gasteiger partial charge in [0.05, 0.1) is 15.0 Å². The number of nitriles is 1. The maximum absolute atomic E-state index is 13.1. The van der Waals surface area contributed by atoms with Gasteiger partial charge < -0.3 is 10.2 Å². The number of aromatic nitrogens is 2. The summed E-state index contributed by atoms with van der Waals surface area (Å²) in [5, 5.41) is 18.8. The van der Waals surface area contributed by atoms with Crippen molar-refractivity contribution in [2.75, 3.05) is 25.0 Å². The van der Waals surface area contributed by atoms with Gasteiger partial charge in [0.15, 0.2) is 5.82 Å². The van der Waals surface area contributed by atoms with E-state index in [0.717, 1.165) is 36.6 Å². The fourth-order valence-electron chi connectivity index (χ4n) is 3.27. The van der Waals surface area contributed by atoms with Gasteiger partial charge in [0.2, 0.25) is 0 Å². The lowest BCUT2D eigenvalue weighted by Gasteiger charge is -2.22. The van der Waals surface area contributed by atoms with Crippen LogP contribution in [-0.4, -0.2) is 35.8 Å². The number of rotatable bonds is 3. The summed E-state index contributed by atoms with van der Waals surface area (Å²) in [5.41, 5.74) is 0.583. The van der Waals surface area contributed by atoms with Crippen LogP contribution in [0.15, 0.2) is 12.1 Å². The number of hydrogen-bond acceptors (Lipinski definition) is 6. The molecule has 8 heteroatoms. The average Bonchev–Trinajstić information content (AvgIpc) is 3.24. The van der Waals surface area contributed by atoms with E-state index in [1.54, 1.807) is 0 Å². The number of nitrogens with one attached hydrogen (secondary N) is 1. The summed E-state index contributed by atoms with van der Waals surface area (Å²) >= 11 is 7.50. The predicted molar refractivity (Wildman–Crippen MR) is 109 cm³/mol. The highest BCUT2D eigenvalue weighted by atomic mass is 35.5. The van der Waals surface area contributed by atoms with Crippen LogP contribution in [0.25, 0.3) is 0 Å². The Balaban J connectivity index is 2.17. The summed E-state index contributed by atoms with van der Waals surface area (Å²) in [7, 11) is 1.85. The van der Waals surface area contributed by atoms with Crippen molar-refractivity contribution in [3.8, 4) is 6.07 Å². The number of carbonyl (C=O) groups excluding carboxylic acids is 1. The van der Waals surface area contributed by atoms with Crippen molar-refractivity contribution in [2.24, 2.45) is 5.41 Å². The Morgan fingerprint density at radius 3 is 2.59 bits per heavy atom. The van der Waals surface area contributed by atoms with E-state index in [-0.39, 0.29) is 11.8 Å². The van der Waals surface area contributed by atoms with Gasteiger partial charge in [0.25, 0.3) is 5.91 Å². The minimum atomic E-state index is -0.618. The van der Waals surface area contributed by atoms with E-state index < -0.39 is 5.41 Å². The van der Waals surface area contributed by atoms with Crippen LogP contribution in [0, 0.1) is 16.7 Å². The first-order chi connectivity index (χ1) is 12.7. The van der Waals surface area contributed by atoms with Gasteiger partial charge in [-0.2, -0.15) is 15.0 Å². The van der Waals surface area contributed by atoms with E-state index in [4.69, 9.17) is 11.6 Å². The number of hydrogen-bond donors (Lipinski definition) is 1. The maximum Gasteiger partial charge on any atom is 0.254 e. The summed E-state index contributed by atoms with van der Waals surface area (Å²) in [6.07, 6.45) is 1.81. The molecule has 0 saturated carbocycles. The molecule has 0 aromatic carbocycles. The monoisotopic (exact) mass is 405 g/mol. The highest BCUT2D eigenvalue weighted by Crippen LogP contribution is 2.39. The van der Waals surface area contributed by atoms with Crippen LogP contribution in [0.5, 0.6) is 0 Å². The second-order valence-corrected chi connectivity index (χ2v) is 9.52. The van der Waals surface area contributed by atoms with Crippen LogP contribution in [0.2, 0.25) is 4.34 Å². The van der Waals surface area contributed by atoms with Gasteiger partial charge in [-0.3, -0.25) is 4.79 Å². The van der Waals surface area contributed by atoms with Crippen LogP contribution >= 0.6 is 22.9 Å². The third-order valence-electron chi connectivity index (χ3n) is 4.77. The van der Waals surface area contributed by atoms with E-state index >= 15 is 0 Å². The molecule has 1 aliphatic rings. The Kier molecular flexibility index (Phi) is 5.61. The highest BCUT2D eigenvalue weighted by Gasteiger charge is 2.34. The van der Waals surface area contributed by atoms with Gasteiger partial charge >= 0.3 is 0 Å². The summed E-state index contributed by atoms with van der Waals surface area (Å²) in [5.74, 6) is 0.558. The van der Waals surface area contributed by atoms with Crippen molar-refractivity contribution >= 4 is 39.7 Å². The molecule has 6 nitrogen and oxygen atoms in total. The Morgan fingerprint density at radius 1 is 1.41 bits per heavy atom. The average molecular weight is 406 g/mol. The zero-order valence-corrected chi connectivity index (χ0v) is 17.6. The van der Waals surface area contributed by atoms with E-state index in [1.165, 1.54) is 16.0 Å². The molecule has 0 amide bonds. The summed E-state index contributed by atoms with van der Waals surface area (Å²) in [4.78, 5) is 15.0. The number of piperidine rings is 1. The molecule has 0 bridgehead atoms. The lowest BCUT2D eigenvalue weighted by Crippen LogP contribution is -2.30. The van der Waals surface area contributed by atoms with E-state index in [9.17, 15) is 10.1 Å². The SMILES string of the molecule is CN(c1ccc(Cl)s1)c1c(C#N)c(C2CCNCC2)nn1C(=O)C(C)(C)C. The van der Waals surface area contributed by atoms with Gasteiger partial charge in [-0.1, -0.05) is 32.4 Å². The van der Waals surface area contributed by atoms with Crippen molar-refractivity contribution in [1.29, 1.82) is 5.26 Å². The second-order valence-electron chi connectivity index (χ2n) is 7.82. The molecular formula is C19H24ClN5OS. The van der Waals surface area contributed by atoms with Gasteiger partial charge in [0, 0.05) is 18.4 Å². The second kappa shape index (κ2) is 7.63. The molecule has 1 aliphatic heterocycles. The fourth-order valence-corrected chi connectivity index (χ4v) is 4.27. The molecule has 0 aliphatic carbocycles. The Bertz CT molecular complexity index is 883. The standard InChI is InChI=1S/C19H24ClN5OS/c1-19(2,3)18(26)25-17(24(4)15-6-5-14(20)27-15)13(11-21)16(23-25)12-7-9-22-10-8-12/h5-6,12,22H,7-10H2,1-4H3. The van der Waals surface area contributed by atoms with Crippen LogP contribution in [-0.2, 0) is 0 Å². The first-order valence-electron chi connectivity index (χ1n) is 9.01. The number of anilines is 2. The lowest BCUT2D eigenvalue weighted by atomic mass is 9.92. The van der Waals surface area contributed by atoms with Gasteiger partial charge in [-0.05, 0) is 38.1 Å². The normalized spacial score (nSPS) is 15.6. The number of halogens is 1. The highest BCUT2D eigenvalue weighted by molar-refractivity contribution is 7.20. The minimum Gasteiger partial charge on any atom is -0.320 e.